The number of hydrogen-bond donors (Lipinski definition) is 1. The van der Waals surface area contributed by atoms with Gasteiger partial charge in [0.05, 0.1) is 6.61 Å². The van der Waals surface area contributed by atoms with Crippen LogP contribution in [0.4, 0.5) is 5.82 Å². The molecule has 0 spiro atoms. The summed E-state index contributed by atoms with van der Waals surface area (Å²) in [5.74, 6) is 2.77. The van der Waals surface area contributed by atoms with Crippen molar-refractivity contribution in [2.24, 2.45) is 0 Å². The number of hydrogen-bond acceptors (Lipinski definition) is 4. The number of anilines is 1. The van der Waals surface area contributed by atoms with E-state index in [-0.39, 0.29) is 5.92 Å². The van der Waals surface area contributed by atoms with Gasteiger partial charge in [-0.1, -0.05) is 13.8 Å². The average molecular weight is 249 g/mol. The Labute approximate surface area is 109 Å². The summed E-state index contributed by atoms with van der Waals surface area (Å²) in [5, 5.41) is 3.36. The number of rotatable bonds is 7. The van der Waals surface area contributed by atoms with Gasteiger partial charge in [-0.3, -0.25) is 0 Å². The molecule has 0 radical (unpaired) electrons. The normalized spacial score (nSPS) is 16.6. The first-order valence-corrected chi connectivity index (χ1v) is 6.86. The Bertz CT molecular complexity index is 391. The molecule has 1 aliphatic carbocycles. The van der Waals surface area contributed by atoms with Crippen LogP contribution in [-0.4, -0.2) is 30.2 Å². The third kappa shape index (κ3) is 3.42. The molecule has 1 saturated carbocycles. The van der Waals surface area contributed by atoms with Gasteiger partial charge in [0.15, 0.2) is 0 Å². The van der Waals surface area contributed by atoms with Crippen LogP contribution in [0.2, 0.25) is 0 Å². The largest absolute Gasteiger partial charge is 0.384 e. The van der Waals surface area contributed by atoms with Crippen LogP contribution in [0, 0.1) is 0 Å². The number of ether oxygens (including phenoxy) is 1. The van der Waals surface area contributed by atoms with Gasteiger partial charge in [0, 0.05) is 37.3 Å². The highest BCUT2D eigenvalue weighted by Gasteiger charge is 2.26. The lowest BCUT2D eigenvalue weighted by Crippen LogP contribution is -2.11. The molecule has 0 bridgehead atoms. The van der Waals surface area contributed by atoms with Gasteiger partial charge in [0.2, 0.25) is 0 Å². The molecule has 1 fully saturated rings. The fourth-order valence-corrected chi connectivity index (χ4v) is 1.96. The SMILES string of the molecule is CCCNc1cc(C2CC2)nc(C(C)COC)n1. The molecule has 1 aliphatic rings. The van der Waals surface area contributed by atoms with Crippen molar-refractivity contribution < 1.29 is 4.74 Å². The van der Waals surface area contributed by atoms with Crippen LogP contribution in [0.25, 0.3) is 0 Å². The first-order chi connectivity index (χ1) is 8.74. The van der Waals surface area contributed by atoms with Gasteiger partial charge >= 0.3 is 0 Å². The Kier molecular flexibility index (Phi) is 4.53. The Morgan fingerprint density at radius 3 is 2.83 bits per heavy atom. The van der Waals surface area contributed by atoms with Crippen LogP contribution in [-0.2, 0) is 4.74 Å². The molecule has 1 unspecified atom stereocenters. The van der Waals surface area contributed by atoms with Crippen LogP contribution in [0.3, 0.4) is 0 Å². The minimum absolute atomic E-state index is 0.246. The smallest absolute Gasteiger partial charge is 0.136 e. The highest BCUT2D eigenvalue weighted by atomic mass is 16.5. The molecule has 1 N–H and O–H groups in total. The molecule has 1 heterocycles. The first kappa shape index (κ1) is 13.3. The van der Waals surface area contributed by atoms with Crippen molar-refractivity contribution in [3.8, 4) is 0 Å². The monoisotopic (exact) mass is 249 g/mol. The molecule has 4 nitrogen and oxygen atoms in total. The third-order valence-corrected chi connectivity index (χ3v) is 3.17. The molecular formula is C14H23N3O. The maximum absolute atomic E-state index is 5.19. The van der Waals surface area contributed by atoms with Gasteiger partial charge in [0.25, 0.3) is 0 Å². The van der Waals surface area contributed by atoms with E-state index in [2.05, 4.69) is 30.2 Å². The molecule has 18 heavy (non-hydrogen) atoms. The van der Waals surface area contributed by atoms with Gasteiger partial charge in [0.1, 0.15) is 11.6 Å². The van der Waals surface area contributed by atoms with Crippen molar-refractivity contribution in [1.29, 1.82) is 0 Å². The molecule has 0 aliphatic heterocycles. The van der Waals surface area contributed by atoms with Crippen molar-refractivity contribution in [2.75, 3.05) is 25.6 Å². The van der Waals surface area contributed by atoms with E-state index in [1.54, 1.807) is 7.11 Å². The van der Waals surface area contributed by atoms with Gasteiger partial charge in [-0.05, 0) is 19.3 Å². The molecule has 2 rings (SSSR count). The Balaban J connectivity index is 2.18. The second-order valence-corrected chi connectivity index (χ2v) is 5.09. The number of methoxy groups -OCH3 is 1. The fraction of sp³-hybridized carbons (Fsp3) is 0.714. The Hall–Kier alpha value is -1.16. The highest BCUT2D eigenvalue weighted by Crippen LogP contribution is 2.39. The first-order valence-electron chi connectivity index (χ1n) is 6.86. The molecule has 1 atom stereocenters. The topological polar surface area (TPSA) is 47.0 Å². The minimum Gasteiger partial charge on any atom is -0.384 e. The zero-order valence-corrected chi connectivity index (χ0v) is 11.6. The Morgan fingerprint density at radius 2 is 2.22 bits per heavy atom. The maximum atomic E-state index is 5.19. The minimum atomic E-state index is 0.246. The van der Waals surface area contributed by atoms with Gasteiger partial charge < -0.3 is 10.1 Å². The standard InChI is InChI=1S/C14H23N3O/c1-4-7-15-13-8-12(11-5-6-11)16-14(17-13)10(2)9-18-3/h8,10-11H,4-7,9H2,1-3H3,(H,15,16,17). The van der Waals surface area contributed by atoms with Crippen LogP contribution in [0.5, 0.6) is 0 Å². The zero-order valence-electron chi connectivity index (χ0n) is 11.6. The molecule has 4 heteroatoms. The lowest BCUT2D eigenvalue weighted by Gasteiger charge is -2.13. The van der Waals surface area contributed by atoms with E-state index >= 15 is 0 Å². The van der Waals surface area contributed by atoms with Gasteiger partial charge in [-0.25, -0.2) is 9.97 Å². The van der Waals surface area contributed by atoms with Crippen LogP contribution >= 0.6 is 0 Å². The van der Waals surface area contributed by atoms with Crippen molar-refractivity contribution in [1.82, 2.24) is 9.97 Å². The van der Waals surface area contributed by atoms with Crippen molar-refractivity contribution in [2.45, 2.75) is 44.9 Å². The third-order valence-electron chi connectivity index (χ3n) is 3.17. The summed E-state index contributed by atoms with van der Waals surface area (Å²) in [6, 6.07) is 2.11. The van der Waals surface area contributed by atoms with Crippen LogP contribution < -0.4 is 5.32 Å². The molecule has 1 aromatic heterocycles. The van der Waals surface area contributed by atoms with E-state index in [4.69, 9.17) is 9.72 Å². The zero-order chi connectivity index (χ0) is 13.0. The summed E-state index contributed by atoms with van der Waals surface area (Å²) in [6.07, 6.45) is 3.64. The summed E-state index contributed by atoms with van der Waals surface area (Å²) in [4.78, 5) is 9.29. The van der Waals surface area contributed by atoms with Crippen molar-refractivity contribution in [3.63, 3.8) is 0 Å². The van der Waals surface area contributed by atoms with Crippen molar-refractivity contribution >= 4 is 5.82 Å². The summed E-state index contributed by atoms with van der Waals surface area (Å²) in [7, 11) is 1.72. The second-order valence-electron chi connectivity index (χ2n) is 5.09. The fourth-order valence-electron chi connectivity index (χ4n) is 1.96. The molecule has 100 valence electrons. The van der Waals surface area contributed by atoms with Gasteiger partial charge in [-0.2, -0.15) is 0 Å². The predicted octanol–water partition coefficient (Wildman–Crippen LogP) is 2.93. The molecule has 1 aromatic rings. The lowest BCUT2D eigenvalue weighted by atomic mass is 10.1. The lowest BCUT2D eigenvalue weighted by molar-refractivity contribution is 0.181. The molecule has 0 amide bonds. The maximum Gasteiger partial charge on any atom is 0.136 e. The average Bonchev–Trinajstić information content (AvgIpc) is 3.20. The summed E-state index contributed by atoms with van der Waals surface area (Å²) in [5.41, 5.74) is 1.20. The van der Waals surface area contributed by atoms with E-state index in [9.17, 15) is 0 Å². The Morgan fingerprint density at radius 1 is 1.44 bits per heavy atom. The van der Waals surface area contributed by atoms with E-state index in [1.165, 1.54) is 18.5 Å². The van der Waals surface area contributed by atoms with Crippen LogP contribution in [0.1, 0.15) is 56.5 Å². The van der Waals surface area contributed by atoms with E-state index in [0.717, 1.165) is 24.6 Å². The summed E-state index contributed by atoms with van der Waals surface area (Å²) < 4.78 is 5.19. The van der Waals surface area contributed by atoms with E-state index in [0.29, 0.717) is 12.5 Å². The molecule has 0 aromatic carbocycles. The highest BCUT2D eigenvalue weighted by molar-refractivity contribution is 5.38. The van der Waals surface area contributed by atoms with E-state index in [1.807, 2.05) is 0 Å². The van der Waals surface area contributed by atoms with Crippen LogP contribution in [0.15, 0.2) is 6.07 Å². The number of nitrogens with one attached hydrogen (secondary N) is 1. The summed E-state index contributed by atoms with van der Waals surface area (Å²) >= 11 is 0. The van der Waals surface area contributed by atoms with Gasteiger partial charge in [-0.15, -0.1) is 0 Å². The number of aromatic nitrogens is 2. The van der Waals surface area contributed by atoms with E-state index < -0.39 is 0 Å². The van der Waals surface area contributed by atoms with Crippen molar-refractivity contribution in [3.05, 3.63) is 17.6 Å². The quantitative estimate of drug-likeness (QED) is 0.807. The number of nitrogens with zero attached hydrogens (tertiary/aromatic N) is 2. The predicted molar refractivity (Wildman–Crippen MR) is 73.1 cm³/mol. The summed E-state index contributed by atoms with van der Waals surface area (Å²) in [6.45, 7) is 5.89. The second kappa shape index (κ2) is 6.14. The molecular weight excluding hydrogens is 226 g/mol. The molecule has 0 saturated heterocycles.